The molecule has 106 valence electrons. The van der Waals surface area contributed by atoms with Gasteiger partial charge in [0.15, 0.2) is 5.76 Å². The first-order valence-electron chi connectivity index (χ1n) is 5.90. The lowest BCUT2D eigenvalue weighted by Gasteiger charge is -2.06. The minimum absolute atomic E-state index is 0.00927. The van der Waals surface area contributed by atoms with Crippen molar-refractivity contribution in [3.63, 3.8) is 0 Å². The molecule has 1 aromatic heterocycles. The second-order valence-corrected chi connectivity index (χ2v) is 4.49. The standard InChI is InChI=1S/C14H13ClFNO3/c1-19-8-9-5-6-13(20-9)14(18)17-7-10-11(15)3-2-4-12(10)16/h2-6H,7-8H2,1H3,(H,17,18). The molecule has 0 aliphatic rings. The number of furan rings is 1. The van der Waals surface area contributed by atoms with Crippen LogP contribution in [0.4, 0.5) is 4.39 Å². The summed E-state index contributed by atoms with van der Waals surface area (Å²) in [6.07, 6.45) is 0. The molecule has 2 rings (SSSR count). The van der Waals surface area contributed by atoms with Crippen LogP contribution in [0.2, 0.25) is 5.02 Å². The Hall–Kier alpha value is -1.85. The third-order valence-electron chi connectivity index (χ3n) is 2.66. The van der Waals surface area contributed by atoms with Crippen LogP contribution in [0, 0.1) is 5.82 Å². The smallest absolute Gasteiger partial charge is 0.287 e. The van der Waals surface area contributed by atoms with E-state index in [9.17, 15) is 9.18 Å². The maximum atomic E-state index is 13.5. The number of benzene rings is 1. The number of carbonyl (C=O) groups excluding carboxylic acids is 1. The van der Waals surface area contributed by atoms with Gasteiger partial charge in [0.1, 0.15) is 18.2 Å². The van der Waals surface area contributed by atoms with E-state index < -0.39 is 11.7 Å². The van der Waals surface area contributed by atoms with Crippen LogP contribution in [-0.4, -0.2) is 13.0 Å². The number of carbonyl (C=O) groups is 1. The SMILES string of the molecule is COCc1ccc(C(=O)NCc2c(F)cccc2Cl)o1. The number of amides is 1. The summed E-state index contributed by atoms with van der Waals surface area (Å²) in [6.45, 7) is 0.275. The Kier molecular flexibility index (Phi) is 4.76. The van der Waals surface area contributed by atoms with Crippen LogP contribution in [-0.2, 0) is 17.9 Å². The predicted molar refractivity (Wildman–Crippen MR) is 72.0 cm³/mol. The Balaban J connectivity index is 2.01. The average Bonchev–Trinajstić information content (AvgIpc) is 2.87. The van der Waals surface area contributed by atoms with E-state index in [2.05, 4.69) is 5.32 Å². The van der Waals surface area contributed by atoms with E-state index in [4.69, 9.17) is 20.8 Å². The van der Waals surface area contributed by atoms with Crippen LogP contribution in [0.1, 0.15) is 21.9 Å². The lowest BCUT2D eigenvalue weighted by molar-refractivity contribution is 0.0914. The Labute approximate surface area is 120 Å². The Morgan fingerprint density at radius 3 is 2.90 bits per heavy atom. The largest absolute Gasteiger partial charge is 0.453 e. The minimum atomic E-state index is -0.461. The first kappa shape index (κ1) is 14.6. The molecule has 0 fully saturated rings. The highest BCUT2D eigenvalue weighted by atomic mass is 35.5. The fourth-order valence-electron chi connectivity index (χ4n) is 1.68. The second-order valence-electron chi connectivity index (χ2n) is 4.08. The van der Waals surface area contributed by atoms with Gasteiger partial charge in [0, 0.05) is 24.2 Å². The molecule has 6 heteroatoms. The third kappa shape index (κ3) is 3.37. The van der Waals surface area contributed by atoms with Gasteiger partial charge in [0.2, 0.25) is 0 Å². The predicted octanol–water partition coefficient (Wildman–Crippen LogP) is 3.15. The topological polar surface area (TPSA) is 51.5 Å². The maximum Gasteiger partial charge on any atom is 0.287 e. The summed E-state index contributed by atoms with van der Waals surface area (Å²) in [7, 11) is 1.53. The van der Waals surface area contributed by atoms with E-state index >= 15 is 0 Å². The number of hydrogen-bond donors (Lipinski definition) is 1. The third-order valence-corrected chi connectivity index (χ3v) is 3.01. The summed E-state index contributed by atoms with van der Waals surface area (Å²) in [6, 6.07) is 7.54. The number of halogens is 2. The Bertz CT molecular complexity index is 592. The quantitative estimate of drug-likeness (QED) is 0.922. The van der Waals surface area contributed by atoms with Crippen LogP contribution in [0.3, 0.4) is 0 Å². The Morgan fingerprint density at radius 1 is 1.40 bits per heavy atom. The summed E-state index contributed by atoms with van der Waals surface area (Å²) in [5.74, 6) is -0.213. The molecule has 4 nitrogen and oxygen atoms in total. The number of nitrogens with one attached hydrogen (secondary N) is 1. The molecular weight excluding hydrogens is 285 g/mol. The molecule has 0 spiro atoms. The zero-order valence-electron chi connectivity index (χ0n) is 10.8. The maximum absolute atomic E-state index is 13.5. The number of rotatable bonds is 5. The molecule has 0 unspecified atom stereocenters. The molecule has 0 aliphatic heterocycles. The summed E-state index contributed by atoms with van der Waals surface area (Å²) in [5, 5.41) is 2.82. The van der Waals surface area contributed by atoms with Gasteiger partial charge in [-0.2, -0.15) is 0 Å². The van der Waals surface area contributed by atoms with Crippen molar-refractivity contribution in [1.82, 2.24) is 5.32 Å². The fourth-order valence-corrected chi connectivity index (χ4v) is 1.91. The summed E-state index contributed by atoms with van der Waals surface area (Å²) >= 11 is 5.87. The normalized spacial score (nSPS) is 10.6. The van der Waals surface area contributed by atoms with Crippen LogP contribution >= 0.6 is 11.6 Å². The number of hydrogen-bond acceptors (Lipinski definition) is 3. The van der Waals surface area contributed by atoms with Crippen molar-refractivity contribution in [2.45, 2.75) is 13.2 Å². The first-order valence-corrected chi connectivity index (χ1v) is 6.28. The molecule has 0 bridgehead atoms. The second kappa shape index (κ2) is 6.54. The van der Waals surface area contributed by atoms with Crippen molar-refractivity contribution in [2.75, 3.05) is 7.11 Å². The molecule has 0 atom stereocenters. The van der Waals surface area contributed by atoms with Gasteiger partial charge < -0.3 is 14.5 Å². The van der Waals surface area contributed by atoms with Crippen LogP contribution in [0.25, 0.3) is 0 Å². The van der Waals surface area contributed by atoms with Gasteiger partial charge in [0.05, 0.1) is 0 Å². The minimum Gasteiger partial charge on any atom is -0.453 e. The molecule has 0 radical (unpaired) electrons. The monoisotopic (exact) mass is 297 g/mol. The van der Waals surface area contributed by atoms with Crippen LogP contribution < -0.4 is 5.32 Å². The molecule has 20 heavy (non-hydrogen) atoms. The summed E-state index contributed by atoms with van der Waals surface area (Å²) in [5.41, 5.74) is 0.242. The molecular formula is C14H13ClFNO3. The molecule has 0 saturated heterocycles. The fraction of sp³-hybridized carbons (Fsp3) is 0.214. The van der Waals surface area contributed by atoms with Gasteiger partial charge in [0.25, 0.3) is 5.91 Å². The highest BCUT2D eigenvalue weighted by Gasteiger charge is 2.13. The van der Waals surface area contributed by atoms with Gasteiger partial charge in [-0.1, -0.05) is 17.7 Å². The van der Waals surface area contributed by atoms with Crippen LogP contribution in [0.5, 0.6) is 0 Å². The first-order chi connectivity index (χ1) is 9.61. The molecule has 1 N–H and O–H groups in total. The molecule has 1 heterocycles. The van der Waals surface area contributed by atoms with Gasteiger partial charge in [-0.3, -0.25) is 4.79 Å². The number of ether oxygens (including phenoxy) is 1. The molecule has 0 saturated carbocycles. The van der Waals surface area contributed by atoms with E-state index in [1.54, 1.807) is 12.1 Å². The zero-order chi connectivity index (χ0) is 14.5. The lowest BCUT2D eigenvalue weighted by atomic mass is 10.2. The van der Waals surface area contributed by atoms with Crippen molar-refractivity contribution in [2.24, 2.45) is 0 Å². The lowest BCUT2D eigenvalue weighted by Crippen LogP contribution is -2.23. The van der Waals surface area contributed by atoms with Gasteiger partial charge in [-0.25, -0.2) is 4.39 Å². The van der Waals surface area contributed by atoms with Crippen LogP contribution in [0.15, 0.2) is 34.7 Å². The van der Waals surface area contributed by atoms with Crippen molar-refractivity contribution >= 4 is 17.5 Å². The summed E-state index contributed by atoms with van der Waals surface area (Å²) in [4.78, 5) is 11.8. The van der Waals surface area contributed by atoms with E-state index in [0.29, 0.717) is 5.76 Å². The van der Waals surface area contributed by atoms with E-state index in [0.717, 1.165) is 0 Å². The highest BCUT2D eigenvalue weighted by molar-refractivity contribution is 6.31. The molecule has 1 aromatic carbocycles. The van der Waals surface area contributed by atoms with Crippen molar-refractivity contribution in [1.29, 1.82) is 0 Å². The van der Waals surface area contributed by atoms with E-state index in [-0.39, 0.29) is 29.5 Å². The average molecular weight is 298 g/mol. The van der Waals surface area contributed by atoms with E-state index in [1.165, 1.54) is 25.3 Å². The van der Waals surface area contributed by atoms with E-state index in [1.807, 2.05) is 0 Å². The van der Waals surface area contributed by atoms with Crippen molar-refractivity contribution in [3.05, 3.63) is 58.3 Å². The highest BCUT2D eigenvalue weighted by Crippen LogP contribution is 2.18. The molecule has 0 aliphatic carbocycles. The number of methoxy groups -OCH3 is 1. The van der Waals surface area contributed by atoms with Crippen molar-refractivity contribution in [3.8, 4) is 0 Å². The van der Waals surface area contributed by atoms with Gasteiger partial charge in [-0.15, -0.1) is 0 Å². The molecule has 2 aromatic rings. The Morgan fingerprint density at radius 2 is 2.20 bits per heavy atom. The summed E-state index contributed by atoms with van der Waals surface area (Å²) < 4.78 is 23.7. The van der Waals surface area contributed by atoms with Gasteiger partial charge >= 0.3 is 0 Å². The van der Waals surface area contributed by atoms with Crippen molar-refractivity contribution < 1.29 is 18.3 Å². The molecule has 1 amide bonds. The van der Waals surface area contributed by atoms with Gasteiger partial charge in [-0.05, 0) is 24.3 Å². The zero-order valence-corrected chi connectivity index (χ0v) is 11.5.